The standard InChI is InChI=1S/C4H6O4S.Au/c5-3(6)2(1-9)4(7)8;/h2,9H,1H2,(H,5,6)(H,7,8);/q;+1/p-1. The van der Waals surface area contributed by atoms with Crippen LogP contribution < -0.4 is 0 Å². The maximum Gasteiger partial charge on any atom is 1.00 e. The Morgan fingerprint density at radius 1 is 1.30 bits per heavy atom. The van der Waals surface area contributed by atoms with Crippen molar-refractivity contribution in [2.24, 2.45) is 5.92 Å². The van der Waals surface area contributed by atoms with Gasteiger partial charge >= 0.3 is 34.3 Å². The molecule has 0 unspecified atom stereocenters. The van der Waals surface area contributed by atoms with Gasteiger partial charge in [0.15, 0.2) is 0 Å². The molecule has 0 aliphatic rings. The van der Waals surface area contributed by atoms with Gasteiger partial charge in [-0.15, -0.1) is 0 Å². The minimum Gasteiger partial charge on any atom is -0.791 e. The molecule has 0 aromatic carbocycles. The first kappa shape index (κ1) is 12.7. The van der Waals surface area contributed by atoms with E-state index >= 15 is 0 Å². The zero-order valence-corrected chi connectivity index (χ0v) is 7.69. The number of rotatable bonds is 3. The molecule has 0 atom stereocenters. The molecule has 62 valence electrons. The summed E-state index contributed by atoms with van der Waals surface area (Å²) in [5, 5.41) is 16.2. The monoisotopic (exact) mass is 346 g/mol. The second-order valence-electron chi connectivity index (χ2n) is 1.40. The summed E-state index contributed by atoms with van der Waals surface area (Å²) in [6.07, 6.45) is 0. The number of aliphatic carboxylic acids is 2. The Bertz CT molecular complexity index is 123. The molecule has 0 amide bonds. The largest absolute Gasteiger partial charge is 1.00 e. The van der Waals surface area contributed by atoms with Crippen LogP contribution >= 0.6 is 0 Å². The molecule has 0 saturated heterocycles. The average molecular weight is 346 g/mol. The van der Waals surface area contributed by atoms with Crippen LogP contribution in [0.1, 0.15) is 0 Å². The van der Waals surface area contributed by atoms with Crippen molar-refractivity contribution >= 4 is 24.6 Å². The van der Waals surface area contributed by atoms with Crippen LogP contribution in [0.3, 0.4) is 0 Å². The van der Waals surface area contributed by atoms with Crippen molar-refractivity contribution in [3.8, 4) is 0 Å². The van der Waals surface area contributed by atoms with E-state index in [2.05, 4.69) is 12.6 Å². The Kier molecular flexibility index (Phi) is 7.34. The molecule has 0 spiro atoms. The van der Waals surface area contributed by atoms with Crippen LogP contribution in [0.4, 0.5) is 0 Å². The molecule has 0 radical (unpaired) electrons. The molecule has 0 aromatic heterocycles. The van der Waals surface area contributed by atoms with E-state index in [9.17, 15) is 9.59 Å². The van der Waals surface area contributed by atoms with E-state index in [4.69, 9.17) is 10.2 Å². The van der Waals surface area contributed by atoms with E-state index in [1.165, 1.54) is 0 Å². The fraction of sp³-hybridized carbons (Fsp3) is 0.500. The summed E-state index contributed by atoms with van der Waals surface area (Å²) in [6.45, 7) is 0. The molecule has 0 aliphatic heterocycles. The molecule has 0 heterocycles. The minimum absolute atomic E-state index is 0. The Morgan fingerprint density at radius 2 is 1.60 bits per heavy atom. The van der Waals surface area contributed by atoms with Gasteiger partial charge in [-0.25, -0.2) is 0 Å². The van der Waals surface area contributed by atoms with Crippen LogP contribution in [0.15, 0.2) is 0 Å². The Balaban J connectivity index is 0. The summed E-state index contributed by atoms with van der Waals surface area (Å²) in [4.78, 5) is 19.8. The summed E-state index contributed by atoms with van der Waals surface area (Å²) in [6, 6.07) is 0. The summed E-state index contributed by atoms with van der Waals surface area (Å²) < 4.78 is 0. The van der Waals surface area contributed by atoms with E-state index in [1.54, 1.807) is 0 Å². The van der Waals surface area contributed by atoms with Gasteiger partial charge in [-0.2, -0.15) is 5.75 Å². The third kappa shape index (κ3) is 3.95. The molecule has 10 heavy (non-hydrogen) atoms. The van der Waals surface area contributed by atoms with Gasteiger partial charge in [0.1, 0.15) is 5.92 Å². The fourth-order valence-corrected chi connectivity index (χ4v) is 0.533. The van der Waals surface area contributed by atoms with Crippen molar-refractivity contribution in [2.75, 3.05) is 5.75 Å². The molecular weight excluding hydrogens is 341 g/mol. The van der Waals surface area contributed by atoms with Gasteiger partial charge in [-0.1, -0.05) is 0 Å². The molecule has 0 fully saturated rings. The van der Waals surface area contributed by atoms with Gasteiger partial charge in [0.25, 0.3) is 0 Å². The maximum atomic E-state index is 9.92. The van der Waals surface area contributed by atoms with Gasteiger partial charge < -0.3 is 22.8 Å². The molecular formula is C4H5AuO4S. The molecule has 0 aliphatic carbocycles. The van der Waals surface area contributed by atoms with Gasteiger partial charge in [0, 0.05) is 0 Å². The normalized spacial score (nSPS) is 8.60. The van der Waals surface area contributed by atoms with Crippen molar-refractivity contribution in [1.82, 2.24) is 0 Å². The first-order chi connectivity index (χ1) is 4.09. The molecule has 0 aromatic rings. The van der Waals surface area contributed by atoms with Crippen LogP contribution in [-0.4, -0.2) is 27.9 Å². The van der Waals surface area contributed by atoms with E-state index < -0.39 is 17.9 Å². The Morgan fingerprint density at radius 3 is 1.60 bits per heavy atom. The number of hydrogen-bond donors (Lipinski definition) is 2. The van der Waals surface area contributed by atoms with Crippen molar-refractivity contribution in [1.29, 1.82) is 0 Å². The predicted octanol–water partition coefficient (Wildman–Crippen LogP) is -0.684. The quantitative estimate of drug-likeness (QED) is 0.402. The third-order valence-electron chi connectivity index (χ3n) is 0.763. The van der Waals surface area contributed by atoms with Crippen molar-refractivity contribution in [3.63, 3.8) is 0 Å². The van der Waals surface area contributed by atoms with Gasteiger partial charge in [-0.3, -0.25) is 9.59 Å². The van der Waals surface area contributed by atoms with E-state index in [0.717, 1.165) is 0 Å². The number of carbonyl (C=O) groups is 2. The van der Waals surface area contributed by atoms with Crippen LogP contribution in [0, 0.1) is 5.92 Å². The summed E-state index contributed by atoms with van der Waals surface area (Å²) in [7, 11) is 0. The van der Waals surface area contributed by atoms with Gasteiger partial charge in [-0.05, 0) is 0 Å². The Labute approximate surface area is 78.5 Å². The van der Waals surface area contributed by atoms with Gasteiger partial charge in [0.2, 0.25) is 0 Å². The zero-order chi connectivity index (χ0) is 7.44. The van der Waals surface area contributed by atoms with E-state index in [0.29, 0.717) is 0 Å². The SMILES string of the molecule is O=C(O)C(C[S-])C(=O)O.[Au+]. The first-order valence-electron chi connectivity index (χ1n) is 2.13. The topological polar surface area (TPSA) is 74.6 Å². The van der Waals surface area contributed by atoms with E-state index in [1.807, 2.05) is 0 Å². The van der Waals surface area contributed by atoms with Gasteiger partial charge in [0.05, 0.1) is 0 Å². The summed E-state index contributed by atoms with van der Waals surface area (Å²) in [5.74, 6) is -4.47. The average Bonchev–Trinajstić information content (AvgIpc) is 1.64. The number of carboxylic acid groups (broad SMARTS) is 2. The van der Waals surface area contributed by atoms with Crippen molar-refractivity contribution in [2.45, 2.75) is 0 Å². The second-order valence-corrected chi connectivity index (χ2v) is 1.73. The molecule has 0 saturated carbocycles. The van der Waals surface area contributed by atoms with Crippen molar-refractivity contribution in [3.05, 3.63) is 0 Å². The van der Waals surface area contributed by atoms with E-state index in [-0.39, 0.29) is 28.1 Å². The number of carboxylic acids is 2. The predicted molar refractivity (Wildman–Crippen MR) is 31.0 cm³/mol. The smallest absolute Gasteiger partial charge is 0.791 e. The third-order valence-corrected chi connectivity index (χ3v) is 1.10. The van der Waals surface area contributed by atoms with Crippen LogP contribution in [0.2, 0.25) is 0 Å². The van der Waals surface area contributed by atoms with Crippen LogP contribution in [0.5, 0.6) is 0 Å². The number of hydrogen-bond acceptors (Lipinski definition) is 3. The van der Waals surface area contributed by atoms with Crippen LogP contribution in [0.25, 0.3) is 0 Å². The maximum absolute atomic E-state index is 9.92. The summed E-state index contributed by atoms with van der Waals surface area (Å²) in [5.41, 5.74) is 0. The molecule has 4 nitrogen and oxygen atoms in total. The minimum atomic E-state index is -1.43. The second kappa shape index (κ2) is 5.79. The van der Waals surface area contributed by atoms with Crippen molar-refractivity contribution < 1.29 is 42.2 Å². The molecule has 2 N–H and O–H groups in total. The van der Waals surface area contributed by atoms with Crippen LogP contribution in [-0.2, 0) is 44.6 Å². The zero-order valence-electron chi connectivity index (χ0n) is 4.71. The first-order valence-corrected chi connectivity index (χ1v) is 2.71. The summed E-state index contributed by atoms with van der Waals surface area (Å²) >= 11 is 4.26. The molecule has 6 heteroatoms. The molecule has 0 bridgehead atoms. The molecule has 0 rings (SSSR count). The fourth-order valence-electron chi connectivity index (χ4n) is 0.248. The Hall–Kier alpha value is 0.0303.